The second-order valence-electron chi connectivity index (χ2n) is 3.97. The summed E-state index contributed by atoms with van der Waals surface area (Å²) in [6.45, 7) is 0.854. The Kier molecular flexibility index (Phi) is 2.02. The monoisotopic (exact) mass is 269 g/mol. The van der Waals surface area contributed by atoms with Crippen LogP contribution in [0.2, 0.25) is 0 Å². The van der Waals surface area contributed by atoms with Crippen LogP contribution in [0.4, 0.5) is 4.39 Å². The largest absolute Gasteiger partial charge is 0.244 e. The van der Waals surface area contributed by atoms with Crippen LogP contribution in [0.1, 0.15) is 12.8 Å². The van der Waals surface area contributed by atoms with Gasteiger partial charge in [0.15, 0.2) is 5.82 Å². The predicted octanol–water partition coefficient (Wildman–Crippen LogP) is 2.74. The number of aromatic nitrogens is 3. The summed E-state index contributed by atoms with van der Waals surface area (Å²) in [6, 6.07) is 3.28. The summed E-state index contributed by atoms with van der Waals surface area (Å²) in [6.07, 6.45) is 2.50. The Morgan fingerprint density at radius 2 is 2.27 bits per heavy atom. The molecule has 3 rings (SSSR count). The van der Waals surface area contributed by atoms with E-state index in [-0.39, 0.29) is 5.82 Å². The molecule has 2 aromatic rings. The van der Waals surface area contributed by atoms with Crippen molar-refractivity contribution in [1.29, 1.82) is 0 Å². The van der Waals surface area contributed by atoms with Crippen LogP contribution in [0.25, 0.3) is 11.0 Å². The zero-order chi connectivity index (χ0) is 10.4. The lowest BCUT2D eigenvalue weighted by Gasteiger charge is -2.00. The molecule has 0 unspecified atom stereocenters. The van der Waals surface area contributed by atoms with Gasteiger partial charge in [0, 0.05) is 11.0 Å². The molecule has 0 radical (unpaired) electrons. The van der Waals surface area contributed by atoms with E-state index in [0.29, 0.717) is 11.4 Å². The zero-order valence-corrected chi connectivity index (χ0v) is 9.54. The second-order valence-corrected chi connectivity index (χ2v) is 4.89. The first-order valence-electron chi connectivity index (χ1n) is 4.92. The first kappa shape index (κ1) is 9.27. The summed E-state index contributed by atoms with van der Waals surface area (Å²) in [5.41, 5.74) is 1.13. The summed E-state index contributed by atoms with van der Waals surface area (Å²) in [7, 11) is 0. The van der Waals surface area contributed by atoms with Gasteiger partial charge in [-0.05, 0) is 30.9 Å². The molecule has 78 valence electrons. The first-order chi connectivity index (χ1) is 7.24. The van der Waals surface area contributed by atoms with Gasteiger partial charge in [0.05, 0.1) is 5.52 Å². The normalized spacial score (nSPS) is 16.1. The standard InChI is InChI=1S/C10H9BrFN3/c11-7-3-8(12)10-9(4-7)15(14-13-10)5-6-1-2-6/h3-4,6H,1-2,5H2. The van der Waals surface area contributed by atoms with E-state index >= 15 is 0 Å². The third-order valence-electron chi connectivity index (χ3n) is 2.67. The lowest BCUT2D eigenvalue weighted by atomic mass is 10.3. The van der Waals surface area contributed by atoms with E-state index in [0.717, 1.165) is 16.5 Å². The fourth-order valence-corrected chi connectivity index (χ4v) is 2.09. The Bertz CT molecular complexity index is 519. The van der Waals surface area contributed by atoms with Crippen LogP contribution in [0.3, 0.4) is 0 Å². The molecule has 1 aromatic carbocycles. The molecule has 0 aliphatic heterocycles. The van der Waals surface area contributed by atoms with Gasteiger partial charge in [-0.25, -0.2) is 9.07 Å². The average Bonchev–Trinajstić information content (AvgIpc) is 2.89. The van der Waals surface area contributed by atoms with Gasteiger partial charge in [0.25, 0.3) is 0 Å². The topological polar surface area (TPSA) is 30.7 Å². The fraction of sp³-hybridized carbons (Fsp3) is 0.400. The Labute approximate surface area is 94.4 Å². The van der Waals surface area contributed by atoms with Crippen LogP contribution in [0, 0.1) is 11.7 Å². The summed E-state index contributed by atoms with van der Waals surface area (Å²) < 4.78 is 16.0. The minimum Gasteiger partial charge on any atom is -0.244 e. The molecule has 5 heteroatoms. The van der Waals surface area contributed by atoms with Crippen molar-refractivity contribution in [2.75, 3.05) is 0 Å². The minimum atomic E-state index is -0.318. The summed E-state index contributed by atoms with van der Waals surface area (Å²) in [5, 5.41) is 7.84. The van der Waals surface area contributed by atoms with E-state index in [1.54, 1.807) is 4.68 Å². The van der Waals surface area contributed by atoms with E-state index in [1.807, 2.05) is 6.07 Å². The van der Waals surface area contributed by atoms with E-state index in [4.69, 9.17) is 0 Å². The van der Waals surface area contributed by atoms with Crippen molar-refractivity contribution in [3.05, 3.63) is 22.4 Å². The van der Waals surface area contributed by atoms with Gasteiger partial charge in [-0.15, -0.1) is 5.10 Å². The Hall–Kier alpha value is -0.970. The van der Waals surface area contributed by atoms with Crippen LogP contribution in [0.15, 0.2) is 16.6 Å². The third kappa shape index (κ3) is 1.65. The maximum absolute atomic E-state index is 13.5. The van der Waals surface area contributed by atoms with Crippen LogP contribution >= 0.6 is 15.9 Å². The van der Waals surface area contributed by atoms with Crippen molar-refractivity contribution in [3.63, 3.8) is 0 Å². The Morgan fingerprint density at radius 3 is 3.00 bits per heavy atom. The maximum atomic E-state index is 13.5. The number of benzene rings is 1. The first-order valence-corrected chi connectivity index (χ1v) is 5.71. The van der Waals surface area contributed by atoms with Crippen LogP contribution in [-0.2, 0) is 6.54 Å². The second kappa shape index (κ2) is 3.27. The molecule has 1 saturated carbocycles. The molecular formula is C10H9BrFN3. The maximum Gasteiger partial charge on any atom is 0.154 e. The number of halogens is 2. The van der Waals surface area contributed by atoms with Crippen molar-refractivity contribution < 1.29 is 4.39 Å². The van der Waals surface area contributed by atoms with Crippen LogP contribution in [-0.4, -0.2) is 15.0 Å². The highest BCUT2D eigenvalue weighted by molar-refractivity contribution is 9.10. The predicted molar refractivity (Wildman–Crippen MR) is 57.9 cm³/mol. The molecule has 0 atom stereocenters. The molecule has 0 spiro atoms. The van der Waals surface area contributed by atoms with E-state index in [9.17, 15) is 4.39 Å². The highest BCUT2D eigenvalue weighted by Gasteiger charge is 2.23. The molecule has 1 fully saturated rings. The van der Waals surface area contributed by atoms with Crippen LogP contribution in [0.5, 0.6) is 0 Å². The number of nitrogens with zero attached hydrogens (tertiary/aromatic N) is 3. The van der Waals surface area contributed by atoms with Crippen molar-refractivity contribution in [3.8, 4) is 0 Å². The summed E-state index contributed by atoms with van der Waals surface area (Å²) in [4.78, 5) is 0. The number of fused-ring (bicyclic) bond motifs is 1. The molecule has 0 N–H and O–H groups in total. The van der Waals surface area contributed by atoms with Crippen molar-refractivity contribution in [2.45, 2.75) is 19.4 Å². The lowest BCUT2D eigenvalue weighted by molar-refractivity contribution is 0.559. The van der Waals surface area contributed by atoms with Crippen molar-refractivity contribution in [2.24, 2.45) is 5.92 Å². The van der Waals surface area contributed by atoms with E-state index < -0.39 is 0 Å². The lowest BCUT2D eigenvalue weighted by Crippen LogP contribution is -2.01. The highest BCUT2D eigenvalue weighted by atomic mass is 79.9. The number of rotatable bonds is 2. The molecule has 3 nitrogen and oxygen atoms in total. The molecule has 1 aliphatic carbocycles. The van der Waals surface area contributed by atoms with Gasteiger partial charge < -0.3 is 0 Å². The molecule has 0 saturated heterocycles. The average molecular weight is 270 g/mol. The fourth-order valence-electron chi connectivity index (χ4n) is 1.67. The van der Waals surface area contributed by atoms with Gasteiger partial charge in [-0.2, -0.15) is 0 Å². The Morgan fingerprint density at radius 1 is 1.47 bits per heavy atom. The van der Waals surface area contributed by atoms with Crippen molar-refractivity contribution >= 4 is 27.0 Å². The quantitative estimate of drug-likeness (QED) is 0.840. The molecule has 1 aliphatic rings. The Balaban J connectivity index is 2.14. The molecule has 15 heavy (non-hydrogen) atoms. The van der Waals surface area contributed by atoms with Gasteiger partial charge in [0.2, 0.25) is 0 Å². The molecular weight excluding hydrogens is 261 g/mol. The molecule has 0 bridgehead atoms. The molecule has 0 amide bonds. The van der Waals surface area contributed by atoms with Crippen LogP contribution < -0.4 is 0 Å². The summed E-state index contributed by atoms with van der Waals surface area (Å²) in [5.74, 6) is 0.387. The van der Waals surface area contributed by atoms with Gasteiger partial charge in [0.1, 0.15) is 5.52 Å². The van der Waals surface area contributed by atoms with Gasteiger partial charge in [-0.1, -0.05) is 21.1 Å². The van der Waals surface area contributed by atoms with Gasteiger partial charge in [-0.3, -0.25) is 0 Å². The molecule has 1 heterocycles. The zero-order valence-electron chi connectivity index (χ0n) is 7.95. The van der Waals surface area contributed by atoms with E-state index in [2.05, 4.69) is 26.2 Å². The summed E-state index contributed by atoms with van der Waals surface area (Å²) >= 11 is 3.28. The SMILES string of the molecule is Fc1cc(Br)cc2c1nnn2CC1CC1. The number of hydrogen-bond donors (Lipinski definition) is 0. The highest BCUT2D eigenvalue weighted by Crippen LogP contribution is 2.31. The third-order valence-corrected chi connectivity index (χ3v) is 3.12. The minimum absolute atomic E-state index is 0.318. The van der Waals surface area contributed by atoms with Gasteiger partial charge >= 0.3 is 0 Å². The van der Waals surface area contributed by atoms with Crippen molar-refractivity contribution in [1.82, 2.24) is 15.0 Å². The van der Waals surface area contributed by atoms with E-state index in [1.165, 1.54) is 18.9 Å². The number of hydrogen-bond acceptors (Lipinski definition) is 2. The smallest absolute Gasteiger partial charge is 0.154 e. The molecule has 1 aromatic heterocycles.